The first kappa shape index (κ1) is 25.5. The van der Waals surface area contributed by atoms with Crippen molar-refractivity contribution in [3.8, 4) is 5.75 Å². The summed E-state index contributed by atoms with van der Waals surface area (Å²) < 4.78 is 12.5. The lowest BCUT2D eigenvalue weighted by molar-refractivity contribution is -0.138. The maximum Gasteiger partial charge on any atom is 0.336 e. The molecule has 2 aromatic carbocycles. The number of esters is 1. The van der Waals surface area contributed by atoms with Crippen LogP contribution in [-0.4, -0.2) is 18.4 Å². The average molecular weight is 559 g/mol. The topological polar surface area (TPSA) is 64.6 Å². The predicted octanol–water partition coefficient (Wildman–Crippen LogP) is 6.85. The van der Waals surface area contributed by atoms with E-state index < -0.39 is 11.9 Å². The van der Waals surface area contributed by atoms with E-state index in [1.54, 1.807) is 6.92 Å². The molecule has 35 heavy (non-hydrogen) atoms. The third kappa shape index (κ3) is 5.49. The molecule has 184 valence electrons. The third-order valence-corrected chi connectivity index (χ3v) is 7.07. The van der Waals surface area contributed by atoms with Crippen molar-refractivity contribution < 1.29 is 19.1 Å². The highest BCUT2D eigenvalue weighted by atomic mass is 79.9. The molecule has 1 aliphatic carbocycles. The number of ether oxygens (including phenoxy) is 2. The summed E-state index contributed by atoms with van der Waals surface area (Å²) in [6.07, 6.45) is 1.13. The molecule has 0 radical (unpaired) electrons. The third-order valence-electron chi connectivity index (χ3n) is 6.33. The van der Waals surface area contributed by atoms with E-state index in [0.29, 0.717) is 47.1 Å². The molecule has 0 spiro atoms. The summed E-state index contributed by atoms with van der Waals surface area (Å²) in [5.41, 5.74) is 4.16. The fourth-order valence-corrected chi connectivity index (χ4v) is 5.35. The van der Waals surface area contributed by atoms with Crippen LogP contribution in [0.4, 0.5) is 0 Å². The first-order chi connectivity index (χ1) is 16.6. The normalized spacial score (nSPS) is 19.3. The van der Waals surface area contributed by atoms with Crippen molar-refractivity contribution in [2.75, 3.05) is 6.61 Å². The monoisotopic (exact) mass is 557 g/mol. The van der Waals surface area contributed by atoms with Gasteiger partial charge in [0.05, 0.1) is 18.1 Å². The minimum Gasteiger partial charge on any atom is -0.489 e. The van der Waals surface area contributed by atoms with E-state index in [4.69, 9.17) is 21.1 Å². The molecule has 0 saturated carbocycles. The minimum absolute atomic E-state index is 0.0340. The van der Waals surface area contributed by atoms with Crippen molar-refractivity contribution in [1.29, 1.82) is 0 Å². The maximum atomic E-state index is 13.5. The fraction of sp³-hybridized carbons (Fsp3) is 0.357. The van der Waals surface area contributed by atoms with Gasteiger partial charge in [0.25, 0.3) is 0 Å². The molecule has 1 heterocycles. The highest BCUT2D eigenvalue weighted by Gasteiger charge is 2.44. The smallest absolute Gasteiger partial charge is 0.336 e. The Hall–Kier alpha value is -2.57. The summed E-state index contributed by atoms with van der Waals surface area (Å²) in [4.78, 5) is 26.7. The number of dihydropyridines is 1. The van der Waals surface area contributed by atoms with Gasteiger partial charge in [0.1, 0.15) is 12.4 Å². The van der Waals surface area contributed by atoms with Crippen molar-refractivity contribution in [3.05, 3.63) is 85.6 Å². The van der Waals surface area contributed by atoms with Crippen LogP contribution in [0.25, 0.3) is 0 Å². The number of carbonyl (C=O) groups excluding carboxylic acids is 2. The summed E-state index contributed by atoms with van der Waals surface area (Å²) in [5, 5.41) is 4.02. The van der Waals surface area contributed by atoms with Crippen LogP contribution < -0.4 is 10.1 Å². The summed E-state index contributed by atoms with van der Waals surface area (Å²) in [5.74, 6) is -0.386. The Balaban J connectivity index is 1.83. The van der Waals surface area contributed by atoms with Gasteiger partial charge in [-0.15, -0.1) is 0 Å². The van der Waals surface area contributed by atoms with Gasteiger partial charge in [0, 0.05) is 38.4 Å². The summed E-state index contributed by atoms with van der Waals surface area (Å²) in [6.45, 7) is 8.38. The second kappa shape index (κ2) is 10.2. The van der Waals surface area contributed by atoms with E-state index in [9.17, 15) is 9.59 Å². The van der Waals surface area contributed by atoms with Gasteiger partial charge in [-0.2, -0.15) is 0 Å². The standard InChI is InChI=1S/C28H29BrClNO4/c1-5-34-27(33)24-16(2)31-21-13-28(3,4)14-22(32)26(21)25(24)20-12-18(29)8-11-23(20)35-15-17-6-9-19(30)10-7-17/h6-12,25,31H,5,13-15H2,1-4H3. The molecule has 1 aliphatic heterocycles. The summed E-state index contributed by atoms with van der Waals surface area (Å²) in [6, 6.07) is 13.1. The SMILES string of the molecule is CCOC(=O)C1=C(C)NC2=C(C(=O)CC(C)(C)C2)C1c1cc(Br)ccc1OCc1ccc(Cl)cc1. The van der Waals surface area contributed by atoms with Crippen molar-refractivity contribution in [1.82, 2.24) is 5.32 Å². The average Bonchev–Trinajstić information content (AvgIpc) is 2.77. The van der Waals surface area contributed by atoms with Gasteiger partial charge in [-0.05, 0) is 61.6 Å². The number of rotatable bonds is 6. The first-order valence-corrected chi connectivity index (χ1v) is 12.8. The zero-order chi connectivity index (χ0) is 25.3. The van der Waals surface area contributed by atoms with Crippen LogP contribution in [-0.2, 0) is 20.9 Å². The number of hydrogen-bond donors (Lipinski definition) is 1. The molecule has 1 N–H and O–H groups in total. The molecule has 0 aromatic heterocycles. The lowest BCUT2D eigenvalue weighted by atomic mass is 9.68. The quantitative estimate of drug-likeness (QED) is 0.393. The van der Waals surface area contributed by atoms with E-state index >= 15 is 0 Å². The van der Waals surface area contributed by atoms with Crippen LogP contribution >= 0.6 is 27.5 Å². The molecule has 2 aromatic rings. The molecular weight excluding hydrogens is 530 g/mol. The van der Waals surface area contributed by atoms with Gasteiger partial charge in [-0.3, -0.25) is 4.79 Å². The number of halogens is 2. The second-order valence-electron chi connectivity index (χ2n) is 9.75. The maximum absolute atomic E-state index is 13.5. The highest BCUT2D eigenvalue weighted by Crippen LogP contribution is 2.49. The minimum atomic E-state index is -0.591. The molecule has 0 saturated heterocycles. The molecule has 1 unspecified atom stereocenters. The van der Waals surface area contributed by atoms with E-state index in [0.717, 1.165) is 21.3 Å². The van der Waals surface area contributed by atoms with Gasteiger partial charge in [-0.25, -0.2) is 4.79 Å². The molecule has 2 aliphatic rings. The first-order valence-electron chi connectivity index (χ1n) is 11.7. The van der Waals surface area contributed by atoms with Crippen LogP contribution in [0.3, 0.4) is 0 Å². The molecule has 0 fully saturated rings. The lowest BCUT2D eigenvalue weighted by Gasteiger charge is -2.39. The summed E-state index contributed by atoms with van der Waals surface area (Å²) in [7, 11) is 0. The van der Waals surface area contributed by atoms with Crippen LogP contribution in [0.2, 0.25) is 5.02 Å². The van der Waals surface area contributed by atoms with Crippen LogP contribution in [0.5, 0.6) is 5.75 Å². The number of benzene rings is 2. The molecule has 7 heteroatoms. The second-order valence-corrected chi connectivity index (χ2v) is 11.1. The van der Waals surface area contributed by atoms with Crippen molar-refractivity contribution in [3.63, 3.8) is 0 Å². The lowest BCUT2D eigenvalue weighted by Crippen LogP contribution is -2.38. The number of hydrogen-bond acceptors (Lipinski definition) is 5. The molecule has 0 amide bonds. The van der Waals surface area contributed by atoms with Crippen molar-refractivity contribution in [2.45, 2.75) is 53.1 Å². The Morgan fingerprint density at radius 3 is 2.57 bits per heavy atom. The fourth-order valence-electron chi connectivity index (χ4n) is 4.84. The Kier molecular flexibility index (Phi) is 7.43. The van der Waals surface area contributed by atoms with Crippen molar-refractivity contribution in [2.24, 2.45) is 5.41 Å². The van der Waals surface area contributed by atoms with Crippen LogP contribution in [0.15, 0.2) is 69.5 Å². The Morgan fingerprint density at radius 2 is 1.89 bits per heavy atom. The zero-order valence-electron chi connectivity index (χ0n) is 20.3. The molecule has 1 atom stereocenters. The molecule has 0 bridgehead atoms. The number of ketones is 1. The number of Topliss-reactive ketones (excluding diaryl/α,β-unsaturated/α-hetero) is 1. The van der Waals surface area contributed by atoms with Gasteiger partial charge < -0.3 is 14.8 Å². The van der Waals surface area contributed by atoms with E-state index in [1.807, 2.05) is 49.4 Å². The summed E-state index contributed by atoms with van der Waals surface area (Å²) >= 11 is 9.59. The van der Waals surface area contributed by atoms with Gasteiger partial charge in [0.15, 0.2) is 5.78 Å². The van der Waals surface area contributed by atoms with E-state index in [-0.39, 0.29) is 17.8 Å². The van der Waals surface area contributed by atoms with Gasteiger partial charge in [0.2, 0.25) is 0 Å². The van der Waals surface area contributed by atoms with Gasteiger partial charge in [-0.1, -0.05) is 53.5 Å². The Morgan fingerprint density at radius 1 is 1.17 bits per heavy atom. The largest absolute Gasteiger partial charge is 0.489 e. The number of allylic oxidation sites excluding steroid dienone is 3. The predicted molar refractivity (Wildman–Crippen MR) is 140 cm³/mol. The van der Waals surface area contributed by atoms with E-state index in [2.05, 4.69) is 35.1 Å². The van der Waals surface area contributed by atoms with Gasteiger partial charge >= 0.3 is 5.97 Å². The molecule has 4 rings (SSSR count). The Labute approximate surface area is 219 Å². The number of carbonyl (C=O) groups is 2. The highest BCUT2D eigenvalue weighted by molar-refractivity contribution is 9.10. The van der Waals surface area contributed by atoms with Crippen LogP contribution in [0.1, 0.15) is 57.6 Å². The molecular formula is C28H29BrClNO4. The zero-order valence-corrected chi connectivity index (χ0v) is 22.7. The van der Waals surface area contributed by atoms with E-state index in [1.165, 1.54) is 0 Å². The number of nitrogens with one attached hydrogen (secondary N) is 1. The van der Waals surface area contributed by atoms with Crippen molar-refractivity contribution >= 4 is 39.3 Å². The molecule has 5 nitrogen and oxygen atoms in total. The Bertz CT molecular complexity index is 1230. The van der Waals surface area contributed by atoms with Crippen LogP contribution in [0, 0.1) is 5.41 Å².